The highest BCUT2D eigenvalue weighted by Gasteiger charge is 2.31. The van der Waals surface area contributed by atoms with Crippen LogP contribution in [0.2, 0.25) is 0 Å². The number of ether oxygens (including phenoxy) is 1. The third-order valence-corrected chi connectivity index (χ3v) is 4.23. The minimum absolute atomic E-state index is 0.260. The smallest absolute Gasteiger partial charge is 0.119 e. The molecule has 1 N–H and O–H groups in total. The number of hydrogen-bond acceptors (Lipinski definition) is 3. The van der Waals surface area contributed by atoms with E-state index in [4.69, 9.17) is 4.74 Å². The zero-order chi connectivity index (χ0) is 14.5. The third kappa shape index (κ3) is 3.15. The van der Waals surface area contributed by atoms with Gasteiger partial charge in [0.15, 0.2) is 0 Å². The standard InChI is InChI=1S/C17H27NO2/c1-4-10-18(11-5-2)16-9-6-13-12-14(20-3)7-8-15(13)17(16)19/h7-8,12,16-17,19H,4-6,9-11H2,1-3H3. The Labute approximate surface area is 122 Å². The first-order valence-electron chi connectivity index (χ1n) is 7.80. The molecule has 0 spiro atoms. The summed E-state index contributed by atoms with van der Waals surface area (Å²) >= 11 is 0. The van der Waals surface area contributed by atoms with Crippen LogP contribution >= 0.6 is 0 Å². The van der Waals surface area contributed by atoms with Crippen molar-refractivity contribution in [3.63, 3.8) is 0 Å². The van der Waals surface area contributed by atoms with Gasteiger partial charge in [0.2, 0.25) is 0 Å². The monoisotopic (exact) mass is 277 g/mol. The van der Waals surface area contributed by atoms with Gasteiger partial charge >= 0.3 is 0 Å². The van der Waals surface area contributed by atoms with Gasteiger partial charge in [0.05, 0.1) is 13.2 Å². The Morgan fingerprint density at radius 1 is 1.25 bits per heavy atom. The summed E-state index contributed by atoms with van der Waals surface area (Å²) in [4.78, 5) is 2.46. The van der Waals surface area contributed by atoms with E-state index >= 15 is 0 Å². The molecule has 1 aromatic carbocycles. The van der Waals surface area contributed by atoms with Gasteiger partial charge in [-0.05, 0) is 62.0 Å². The number of methoxy groups -OCH3 is 1. The molecule has 0 saturated heterocycles. The van der Waals surface area contributed by atoms with Crippen LogP contribution in [0.5, 0.6) is 5.75 Å². The van der Waals surface area contributed by atoms with E-state index in [1.165, 1.54) is 5.56 Å². The van der Waals surface area contributed by atoms with Gasteiger partial charge in [0, 0.05) is 6.04 Å². The molecule has 20 heavy (non-hydrogen) atoms. The van der Waals surface area contributed by atoms with Crippen molar-refractivity contribution in [1.29, 1.82) is 0 Å². The maximum absolute atomic E-state index is 10.7. The molecule has 0 aromatic heterocycles. The Balaban J connectivity index is 2.19. The van der Waals surface area contributed by atoms with Crippen molar-refractivity contribution >= 4 is 0 Å². The number of aliphatic hydroxyl groups is 1. The van der Waals surface area contributed by atoms with Crippen molar-refractivity contribution in [2.24, 2.45) is 0 Å². The predicted molar refractivity (Wildman–Crippen MR) is 82.2 cm³/mol. The Morgan fingerprint density at radius 3 is 2.55 bits per heavy atom. The van der Waals surface area contributed by atoms with Crippen LogP contribution in [-0.4, -0.2) is 36.2 Å². The Morgan fingerprint density at radius 2 is 1.95 bits per heavy atom. The second-order valence-electron chi connectivity index (χ2n) is 5.65. The third-order valence-electron chi connectivity index (χ3n) is 4.23. The Hall–Kier alpha value is -1.06. The maximum atomic E-state index is 10.7. The molecule has 0 radical (unpaired) electrons. The second kappa shape index (κ2) is 7.09. The zero-order valence-electron chi connectivity index (χ0n) is 12.9. The topological polar surface area (TPSA) is 32.7 Å². The van der Waals surface area contributed by atoms with Crippen molar-refractivity contribution in [3.05, 3.63) is 29.3 Å². The first-order valence-corrected chi connectivity index (χ1v) is 7.80. The first-order chi connectivity index (χ1) is 9.71. The molecule has 0 aliphatic heterocycles. The van der Waals surface area contributed by atoms with Gasteiger partial charge in [0.25, 0.3) is 0 Å². The van der Waals surface area contributed by atoms with E-state index in [-0.39, 0.29) is 12.1 Å². The summed E-state index contributed by atoms with van der Waals surface area (Å²) in [6, 6.07) is 6.31. The lowest BCUT2D eigenvalue weighted by atomic mass is 9.84. The Kier molecular flexibility index (Phi) is 5.44. The molecular weight excluding hydrogens is 250 g/mol. The Bertz CT molecular complexity index is 427. The van der Waals surface area contributed by atoms with E-state index in [1.807, 2.05) is 12.1 Å². The van der Waals surface area contributed by atoms with Crippen molar-refractivity contribution < 1.29 is 9.84 Å². The second-order valence-corrected chi connectivity index (χ2v) is 5.65. The minimum atomic E-state index is -0.372. The average molecular weight is 277 g/mol. The number of benzene rings is 1. The van der Waals surface area contributed by atoms with Gasteiger partial charge in [-0.2, -0.15) is 0 Å². The van der Waals surface area contributed by atoms with Gasteiger partial charge in [-0.3, -0.25) is 4.90 Å². The summed E-state index contributed by atoms with van der Waals surface area (Å²) in [5.41, 5.74) is 2.32. The molecule has 0 heterocycles. The fourth-order valence-electron chi connectivity index (χ4n) is 3.28. The van der Waals surface area contributed by atoms with E-state index in [0.717, 1.165) is 50.1 Å². The summed E-state index contributed by atoms with van der Waals surface area (Å²) in [5.74, 6) is 0.883. The van der Waals surface area contributed by atoms with Gasteiger partial charge in [-0.25, -0.2) is 0 Å². The van der Waals surface area contributed by atoms with Crippen LogP contribution in [0.15, 0.2) is 18.2 Å². The fraction of sp³-hybridized carbons (Fsp3) is 0.647. The van der Waals surface area contributed by atoms with E-state index in [1.54, 1.807) is 7.11 Å². The van der Waals surface area contributed by atoms with Crippen molar-refractivity contribution in [2.75, 3.05) is 20.2 Å². The lowest BCUT2D eigenvalue weighted by Gasteiger charge is -2.38. The highest BCUT2D eigenvalue weighted by Crippen LogP contribution is 2.35. The average Bonchev–Trinajstić information content (AvgIpc) is 2.47. The SMILES string of the molecule is CCCN(CCC)C1CCc2cc(OC)ccc2C1O. The highest BCUT2D eigenvalue weighted by atomic mass is 16.5. The van der Waals surface area contributed by atoms with Crippen LogP contribution in [0.4, 0.5) is 0 Å². The lowest BCUT2D eigenvalue weighted by molar-refractivity contribution is 0.0357. The largest absolute Gasteiger partial charge is 0.497 e. The van der Waals surface area contributed by atoms with Crippen LogP contribution in [0.1, 0.15) is 50.3 Å². The first kappa shape index (κ1) is 15.3. The van der Waals surface area contributed by atoms with E-state index < -0.39 is 0 Å². The molecule has 3 heteroatoms. The zero-order valence-corrected chi connectivity index (χ0v) is 12.9. The molecule has 2 rings (SSSR count). The van der Waals surface area contributed by atoms with Crippen molar-refractivity contribution in [3.8, 4) is 5.75 Å². The van der Waals surface area contributed by atoms with Crippen LogP contribution in [0.3, 0.4) is 0 Å². The van der Waals surface area contributed by atoms with Gasteiger partial charge in [-0.15, -0.1) is 0 Å². The molecule has 112 valence electrons. The normalized spacial score (nSPS) is 21.9. The molecule has 2 atom stereocenters. The van der Waals surface area contributed by atoms with Crippen LogP contribution in [-0.2, 0) is 6.42 Å². The van der Waals surface area contributed by atoms with E-state index in [9.17, 15) is 5.11 Å². The van der Waals surface area contributed by atoms with Crippen LogP contribution < -0.4 is 4.74 Å². The molecule has 1 aromatic rings. The summed E-state index contributed by atoms with van der Waals surface area (Å²) in [6.45, 7) is 6.55. The lowest BCUT2D eigenvalue weighted by Crippen LogP contribution is -2.43. The molecule has 1 aliphatic carbocycles. The predicted octanol–water partition coefficient (Wildman–Crippen LogP) is 3.17. The number of rotatable bonds is 6. The molecule has 1 aliphatic rings. The summed E-state index contributed by atoms with van der Waals surface area (Å²) in [5, 5.41) is 10.7. The molecular formula is C17H27NO2. The van der Waals surface area contributed by atoms with E-state index in [2.05, 4.69) is 24.8 Å². The summed E-state index contributed by atoms with van der Waals surface area (Å²) in [6.07, 6.45) is 3.96. The fourth-order valence-corrected chi connectivity index (χ4v) is 3.28. The minimum Gasteiger partial charge on any atom is -0.497 e. The number of hydrogen-bond donors (Lipinski definition) is 1. The maximum Gasteiger partial charge on any atom is 0.119 e. The van der Waals surface area contributed by atoms with Crippen molar-refractivity contribution in [1.82, 2.24) is 4.90 Å². The molecule has 0 bridgehead atoms. The van der Waals surface area contributed by atoms with Gasteiger partial charge in [0.1, 0.15) is 5.75 Å². The van der Waals surface area contributed by atoms with Crippen LogP contribution in [0.25, 0.3) is 0 Å². The molecule has 0 fully saturated rings. The quantitative estimate of drug-likeness (QED) is 0.867. The molecule has 2 unspecified atom stereocenters. The van der Waals surface area contributed by atoms with Gasteiger partial charge < -0.3 is 9.84 Å². The summed E-state index contributed by atoms with van der Waals surface area (Å²) in [7, 11) is 1.69. The molecule has 0 saturated carbocycles. The number of aryl methyl sites for hydroxylation is 1. The summed E-state index contributed by atoms with van der Waals surface area (Å²) < 4.78 is 5.27. The van der Waals surface area contributed by atoms with Gasteiger partial charge in [-0.1, -0.05) is 19.9 Å². The number of nitrogens with zero attached hydrogens (tertiary/aromatic N) is 1. The molecule has 0 amide bonds. The van der Waals surface area contributed by atoms with Crippen LogP contribution in [0, 0.1) is 0 Å². The number of aliphatic hydroxyl groups excluding tert-OH is 1. The van der Waals surface area contributed by atoms with E-state index in [0.29, 0.717) is 0 Å². The molecule has 3 nitrogen and oxygen atoms in total. The number of fused-ring (bicyclic) bond motifs is 1. The highest BCUT2D eigenvalue weighted by molar-refractivity contribution is 5.39. The van der Waals surface area contributed by atoms with Crippen molar-refractivity contribution in [2.45, 2.75) is 51.7 Å².